The van der Waals surface area contributed by atoms with Gasteiger partial charge < -0.3 is 25.7 Å². The maximum Gasteiger partial charge on any atom is 0.255 e. The Morgan fingerprint density at radius 1 is 1.40 bits per heavy atom. The number of carbonyl (C=O) groups excluding carboxylic acids is 3. The van der Waals surface area contributed by atoms with Crippen LogP contribution in [0.5, 0.6) is 0 Å². The minimum absolute atomic E-state index is 0.0590. The second-order valence-corrected chi connectivity index (χ2v) is 6.23. The van der Waals surface area contributed by atoms with E-state index in [9.17, 15) is 14.4 Å². The van der Waals surface area contributed by atoms with Gasteiger partial charge in [0.2, 0.25) is 11.8 Å². The van der Waals surface area contributed by atoms with Gasteiger partial charge in [-0.15, -0.1) is 0 Å². The van der Waals surface area contributed by atoms with E-state index >= 15 is 0 Å². The van der Waals surface area contributed by atoms with E-state index in [1.807, 2.05) is 0 Å². The summed E-state index contributed by atoms with van der Waals surface area (Å²) in [7, 11) is 0. The normalized spacial score (nSPS) is 18.5. The van der Waals surface area contributed by atoms with Crippen molar-refractivity contribution in [1.82, 2.24) is 15.5 Å². The fraction of sp³-hybridized carbons (Fsp3) is 0.588. The van der Waals surface area contributed by atoms with Gasteiger partial charge in [0, 0.05) is 32.1 Å². The average Bonchev–Trinajstić information content (AvgIpc) is 3.14. The Labute approximate surface area is 147 Å². The minimum atomic E-state index is -0.650. The lowest BCUT2D eigenvalue weighted by Crippen LogP contribution is -2.55. The topological polar surface area (TPSA) is 118 Å². The molecule has 2 rings (SSSR count). The molecule has 4 N–H and O–H groups in total. The largest absolute Gasteiger partial charge is 0.472 e. The van der Waals surface area contributed by atoms with Gasteiger partial charge in [-0.3, -0.25) is 14.4 Å². The Morgan fingerprint density at radius 3 is 2.88 bits per heavy atom. The zero-order valence-electron chi connectivity index (χ0n) is 14.5. The number of hydrogen-bond acceptors (Lipinski definition) is 5. The van der Waals surface area contributed by atoms with Crippen LogP contribution in [0.15, 0.2) is 23.0 Å². The van der Waals surface area contributed by atoms with Crippen LogP contribution < -0.4 is 16.4 Å². The van der Waals surface area contributed by atoms with Gasteiger partial charge in [-0.25, -0.2) is 0 Å². The summed E-state index contributed by atoms with van der Waals surface area (Å²) < 4.78 is 4.88. The van der Waals surface area contributed by atoms with E-state index in [2.05, 4.69) is 10.6 Å². The van der Waals surface area contributed by atoms with Crippen LogP contribution >= 0.6 is 0 Å². The van der Waals surface area contributed by atoms with E-state index in [4.69, 9.17) is 10.2 Å². The fourth-order valence-corrected chi connectivity index (χ4v) is 2.94. The molecule has 0 aliphatic carbocycles. The first-order valence-corrected chi connectivity index (χ1v) is 8.63. The molecule has 0 saturated carbocycles. The number of likely N-dealkylation sites (tertiary alicyclic amines) is 1. The van der Waals surface area contributed by atoms with Crippen LogP contribution in [0.2, 0.25) is 0 Å². The zero-order chi connectivity index (χ0) is 18.2. The molecule has 1 saturated heterocycles. The minimum Gasteiger partial charge on any atom is -0.472 e. The number of nitrogens with zero attached hydrogens (tertiary/aromatic N) is 1. The number of furan rings is 1. The van der Waals surface area contributed by atoms with Crippen molar-refractivity contribution < 1.29 is 18.8 Å². The Kier molecular flexibility index (Phi) is 7.00. The molecule has 1 aliphatic rings. The van der Waals surface area contributed by atoms with Crippen molar-refractivity contribution >= 4 is 17.7 Å². The summed E-state index contributed by atoms with van der Waals surface area (Å²) in [5, 5.41) is 5.52. The fourth-order valence-electron chi connectivity index (χ4n) is 2.94. The summed E-state index contributed by atoms with van der Waals surface area (Å²) in [5.41, 5.74) is 5.75. The van der Waals surface area contributed by atoms with Crippen molar-refractivity contribution in [1.29, 1.82) is 0 Å². The van der Waals surface area contributed by atoms with Gasteiger partial charge >= 0.3 is 0 Å². The monoisotopic (exact) mass is 350 g/mol. The average molecular weight is 350 g/mol. The molecule has 0 spiro atoms. The quantitative estimate of drug-likeness (QED) is 0.651. The molecular formula is C17H26N4O4. The van der Waals surface area contributed by atoms with E-state index in [-0.39, 0.29) is 30.2 Å². The summed E-state index contributed by atoms with van der Waals surface area (Å²) in [6, 6.07) is 0.836. The lowest BCUT2D eigenvalue weighted by Gasteiger charge is -2.37. The first-order chi connectivity index (χ1) is 12.0. The summed E-state index contributed by atoms with van der Waals surface area (Å²) in [4.78, 5) is 38.2. The zero-order valence-corrected chi connectivity index (χ0v) is 14.5. The third-order valence-electron chi connectivity index (χ3n) is 4.32. The number of nitrogens with one attached hydrogen (secondary N) is 2. The van der Waals surface area contributed by atoms with Crippen LogP contribution in [0, 0.1) is 0 Å². The Balaban J connectivity index is 1.92. The van der Waals surface area contributed by atoms with Crippen molar-refractivity contribution in [2.45, 2.75) is 44.7 Å². The summed E-state index contributed by atoms with van der Waals surface area (Å²) in [5.74, 6) is -0.601. The summed E-state index contributed by atoms with van der Waals surface area (Å²) >= 11 is 0. The lowest BCUT2D eigenvalue weighted by atomic mass is 10.0. The number of rotatable bonds is 7. The maximum atomic E-state index is 12.7. The summed E-state index contributed by atoms with van der Waals surface area (Å²) in [6.07, 6.45) is 5.78. The van der Waals surface area contributed by atoms with E-state index in [0.717, 1.165) is 19.3 Å². The van der Waals surface area contributed by atoms with Crippen LogP contribution in [0.1, 0.15) is 43.0 Å². The van der Waals surface area contributed by atoms with Crippen LogP contribution in [-0.4, -0.2) is 54.3 Å². The highest BCUT2D eigenvalue weighted by atomic mass is 16.3. The van der Waals surface area contributed by atoms with Crippen molar-refractivity contribution in [3.63, 3.8) is 0 Å². The van der Waals surface area contributed by atoms with Crippen LogP contribution in [-0.2, 0) is 9.59 Å². The van der Waals surface area contributed by atoms with Crippen molar-refractivity contribution in [3.05, 3.63) is 24.2 Å². The van der Waals surface area contributed by atoms with Gasteiger partial charge in [0.15, 0.2) is 0 Å². The molecule has 3 amide bonds. The molecule has 25 heavy (non-hydrogen) atoms. The van der Waals surface area contributed by atoms with Crippen LogP contribution in [0.3, 0.4) is 0 Å². The molecule has 1 aromatic heterocycles. The summed E-state index contributed by atoms with van der Waals surface area (Å²) in [6.45, 7) is 3.00. The van der Waals surface area contributed by atoms with Gasteiger partial charge in [-0.1, -0.05) is 0 Å². The number of piperidine rings is 1. The van der Waals surface area contributed by atoms with Gasteiger partial charge in [-0.05, 0) is 32.3 Å². The molecule has 1 aliphatic heterocycles. The van der Waals surface area contributed by atoms with Gasteiger partial charge in [0.05, 0.1) is 11.8 Å². The molecule has 138 valence electrons. The first kappa shape index (κ1) is 19.0. The highest BCUT2D eigenvalue weighted by molar-refractivity contribution is 5.97. The predicted octanol–water partition coefficient (Wildman–Crippen LogP) is 0.244. The van der Waals surface area contributed by atoms with Crippen molar-refractivity contribution in [3.8, 4) is 0 Å². The molecule has 8 heteroatoms. The molecule has 8 nitrogen and oxygen atoms in total. The van der Waals surface area contributed by atoms with E-state index in [0.29, 0.717) is 25.2 Å². The molecule has 2 atom stereocenters. The smallest absolute Gasteiger partial charge is 0.255 e. The third kappa shape index (κ3) is 5.32. The molecule has 0 aromatic carbocycles. The molecular weight excluding hydrogens is 324 g/mol. The maximum absolute atomic E-state index is 12.7. The molecule has 1 aromatic rings. The van der Waals surface area contributed by atoms with Crippen molar-refractivity contribution in [2.24, 2.45) is 5.73 Å². The Morgan fingerprint density at radius 2 is 2.20 bits per heavy atom. The second kappa shape index (κ2) is 9.22. The molecule has 0 bridgehead atoms. The lowest BCUT2D eigenvalue weighted by molar-refractivity contribution is -0.137. The number of nitrogens with two attached hydrogens (primary N) is 1. The number of hydrogen-bond donors (Lipinski definition) is 3. The highest BCUT2D eigenvalue weighted by Gasteiger charge is 2.30. The molecule has 0 radical (unpaired) electrons. The first-order valence-electron chi connectivity index (χ1n) is 8.63. The Bertz CT molecular complexity index is 587. The highest BCUT2D eigenvalue weighted by Crippen LogP contribution is 2.18. The van der Waals surface area contributed by atoms with E-state index in [1.54, 1.807) is 17.9 Å². The standard InChI is InChI=1S/C17H26N4O4/c1-12(20-16(23)13-6-9-25-11-13)17(24)21-8-3-2-4-14(21)10-19-15(22)5-7-18/h6,9,11-12,14H,2-5,7-8,10,18H2,1H3,(H,19,22)(H,20,23). The van der Waals surface area contributed by atoms with Crippen LogP contribution in [0.25, 0.3) is 0 Å². The number of amides is 3. The predicted molar refractivity (Wildman–Crippen MR) is 91.7 cm³/mol. The van der Waals surface area contributed by atoms with E-state index in [1.165, 1.54) is 12.5 Å². The van der Waals surface area contributed by atoms with Gasteiger partial charge in [0.25, 0.3) is 5.91 Å². The van der Waals surface area contributed by atoms with Gasteiger partial charge in [-0.2, -0.15) is 0 Å². The molecule has 2 unspecified atom stereocenters. The van der Waals surface area contributed by atoms with Crippen LogP contribution in [0.4, 0.5) is 0 Å². The molecule has 2 heterocycles. The van der Waals surface area contributed by atoms with E-state index < -0.39 is 6.04 Å². The number of carbonyl (C=O) groups is 3. The van der Waals surface area contributed by atoms with Crippen molar-refractivity contribution in [2.75, 3.05) is 19.6 Å². The molecule has 1 fully saturated rings. The Hall–Kier alpha value is -2.35. The second-order valence-electron chi connectivity index (χ2n) is 6.23. The SMILES string of the molecule is CC(NC(=O)c1ccoc1)C(=O)N1CCCCC1CNC(=O)CCN. The third-order valence-corrected chi connectivity index (χ3v) is 4.32. The van der Waals surface area contributed by atoms with Gasteiger partial charge in [0.1, 0.15) is 12.3 Å².